The highest BCUT2D eigenvalue weighted by molar-refractivity contribution is 5.92. The number of hydrogen-bond donors (Lipinski definition) is 2. The first-order valence-electron chi connectivity index (χ1n) is 6.93. The summed E-state index contributed by atoms with van der Waals surface area (Å²) in [5.41, 5.74) is 0.597. The van der Waals surface area contributed by atoms with Crippen LogP contribution in [-0.2, 0) is 0 Å². The summed E-state index contributed by atoms with van der Waals surface area (Å²) >= 11 is 0. The molecule has 0 bridgehead atoms. The Labute approximate surface area is 118 Å². The molecule has 0 saturated carbocycles. The Kier molecular flexibility index (Phi) is 4.23. The van der Waals surface area contributed by atoms with Crippen LogP contribution in [0.3, 0.4) is 0 Å². The van der Waals surface area contributed by atoms with Crippen molar-refractivity contribution in [1.82, 2.24) is 9.97 Å². The van der Waals surface area contributed by atoms with E-state index < -0.39 is 5.97 Å². The van der Waals surface area contributed by atoms with Crippen LogP contribution in [0, 0.1) is 5.92 Å². The second-order valence-electron chi connectivity index (χ2n) is 5.66. The monoisotopic (exact) mass is 279 g/mol. The van der Waals surface area contributed by atoms with Crippen molar-refractivity contribution < 1.29 is 15.0 Å². The molecule has 1 aromatic heterocycles. The Bertz CT molecular complexity index is 502. The van der Waals surface area contributed by atoms with Crippen LogP contribution in [0.5, 0.6) is 0 Å². The minimum Gasteiger partial charge on any atom is -0.476 e. The van der Waals surface area contributed by atoms with Gasteiger partial charge in [0.25, 0.3) is 0 Å². The first kappa shape index (κ1) is 14.7. The van der Waals surface area contributed by atoms with E-state index in [1.807, 2.05) is 18.7 Å². The fraction of sp³-hybridized carbons (Fsp3) is 0.643. The van der Waals surface area contributed by atoms with Crippen LogP contribution in [0.4, 0.5) is 5.69 Å². The highest BCUT2D eigenvalue weighted by Gasteiger charge is 2.29. The van der Waals surface area contributed by atoms with Gasteiger partial charge in [-0.1, -0.05) is 13.8 Å². The van der Waals surface area contributed by atoms with Gasteiger partial charge in [-0.05, 0) is 13.3 Å². The number of rotatable bonds is 4. The normalized spacial score (nSPS) is 20.4. The van der Waals surface area contributed by atoms with E-state index in [-0.39, 0.29) is 23.6 Å². The maximum atomic E-state index is 11.4. The number of carboxylic acid groups (broad SMARTS) is 1. The summed E-state index contributed by atoms with van der Waals surface area (Å²) in [5.74, 6) is -0.241. The molecule has 6 heteroatoms. The fourth-order valence-electron chi connectivity index (χ4n) is 2.46. The van der Waals surface area contributed by atoms with E-state index in [0.717, 1.165) is 13.0 Å². The molecule has 20 heavy (non-hydrogen) atoms. The van der Waals surface area contributed by atoms with Crippen molar-refractivity contribution in [2.24, 2.45) is 5.92 Å². The van der Waals surface area contributed by atoms with Gasteiger partial charge in [0.1, 0.15) is 5.82 Å². The van der Waals surface area contributed by atoms with Crippen LogP contribution in [0.25, 0.3) is 0 Å². The Hall–Kier alpha value is -1.69. The second-order valence-corrected chi connectivity index (χ2v) is 5.66. The fourth-order valence-corrected chi connectivity index (χ4v) is 2.46. The number of anilines is 1. The number of aliphatic hydroxyl groups excluding tert-OH is 1. The van der Waals surface area contributed by atoms with Crippen LogP contribution in [0.1, 0.15) is 49.4 Å². The zero-order chi connectivity index (χ0) is 14.9. The van der Waals surface area contributed by atoms with Crippen molar-refractivity contribution in [2.45, 2.75) is 39.2 Å². The van der Waals surface area contributed by atoms with Crippen molar-refractivity contribution in [3.05, 3.63) is 17.7 Å². The van der Waals surface area contributed by atoms with E-state index >= 15 is 0 Å². The molecule has 2 rings (SSSR count). The molecule has 2 heterocycles. The summed E-state index contributed by atoms with van der Waals surface area (Å²) in [6.07, 6.45) is 2.06. The van der Waals surface area contributed by atoms with Crippen LogP contribution < -0.4 is 4.90 Å². The van der Waals surface area contributed by atoms with E-state index in [2.05, 4.69) is 9.97 Å². The predicted molar refractivity (Wildman–Crippen MR) is 75.1 cm³/mol. The minimum atomic E-state index is -1.04. The number of carbonyl (C=O) groups is 1. The molecule has 1 aliphatic rings. The SMILES string of the molecule is CC(C)c1ncc(N2CCC(C(C)O)C2)c(C(=O)O)n1. The Balaban J connectivity index is 2.30. The molecule has 1 aliphatic heterocycles. The lowest BCUT2D eigenvalue weighted by atomic mass is 10.0. The van der Waals surface area contributed by atoms with Crippen molar-refractivity contribution >= 4 is 11.7 Å². The maximum Gasteiger partial charge on any atom is 0.356 e. The molecule has 0 aromatic carbocycles. The standard InChI is InChI=1S/C14H21N3O3/c1-8(2)13-15-6-11(12(16-13)14(19)20)17-5-4-10(7-17)9(3)18/h6,8-10,18H,4-5,7H2,1-3H3,(H,19,20). The summed E-state index contributed by atoms with van der Waals surface area (Å²) in [7, 11) is 0. The highest BCUT2D eigenvalue weighted by atomic mass is 16.4. The first-order valence-corrected chi connectivity index (χ1v) is 6.93. The van der Waals surface area contributed by atoms with Crippen molar-refractivity contribution in [2.75, 3.05) is 18.0 Å². The first-order chi connectivity index (χ1) is 9.40. The van der Waals surface area contributed by atoms with Gasteiger partial charge in [-0.2, -0.15) is 0 Å². The lowest BCUT2D eigenvalue weighted by molar-refractivity contribution is 0.0690. The molecule has 0 aliphatic carbocycles. The van der Waals surface area contributed by atoms with E-state index in [4.69, 9.17) is 0 Å². The van der Waals surface area contributed by atoms with E-state index in [1.165, 1.54) is 0 Å². The van der Waals surface area contributed by atoms with Gasteiger partial charge in [-0.3, -0.25) is 0 Å². The molecule has 0 radical (unpaired) electrons. The van der Waals surface area contributed by atoms with Gasteiger partial charge in [0.15, 0.2) is 5.69 Å². The third-order valence-corrected chi connectivity index (χ3v) is 3.75. The summed E-state index contributed by atoms with van der Waals surface area (Å²) in [6, 6.07) is 0. The molecule has 2 unspecified atom stereocenters. The van der Waals surface area contributed by atoms with Gasteiger partial charge in [0.2, 0.25) is 0 Å². The van der Waals surface area contributed by atoms with Gasteiger partial charge >= 0.3 is 5.97 Å². The third kappa shape index (κ3) is 2.90. The topological polar surface area (TPSA) is 86.5 Å². The molecular weight excluding hydrogens is 258 g/mol. The van der Waals surface area contributed by atoms with E-state index in [9.17, 15) is 15.0 Å². The zero-order valence-electron chi connectivity index (χ0n) is 12.1. The molecular formula is C14H21N3O3. The lowest BCUT2D eigenvalue weighted by Crippen LogP contribution is -2.26. The number of carboxylic acids is 1. The molecule has 1 aromatic rings. The quantitative estimate of drug-likeness (QED) is 0.868. The Morgan fingerprint density at radius 3 is 2.65 bits per heavy atom. The molecule has 110 valence electrons. The number of nitrogens with zero attached hydrogens (tertiary/aromatic N) is 3. The average molecular weight is 279 g/mol. The Morgan fingerprint density at radius 2 is 2.15 bits per heavy atom. The molecule has 6 nitrogen and oxygen atoms in total. The number of aromatic carboxylic acids is 1. The van der Waals surface area contributed by atoms with Crippen molar-refractivity contribution in [3.8, 4) is 0 Å². The van der Waals surface area contributed by atoms with Crippen LogP contribution in [-0.4, -0.2) is 45.3 Å². The van der Waals surface area contributed by atoms with E-state index in [0.29, 0.717) is 18.1 Å². The average Bonchev–Trinajstić information content (AvgIpc) is 2.87. The van der Waals surface area contributed by atoms with Gasteiger partial charge in [-0.25, -0.2) is 14.8 Å². The number of aromatic nitrogens is 2. The lowest BCUT2D eigenvalue weighted by Gasteiger charge is -2.21. The van der Waals surface area contributed by atoms with Gasteiger partial charge in [0.05, 0.1) is 18.0 Å². The highest BCUT2D eigenvalue weighted by Crippen LogP contribution is 2.28. The smallest absolute Gasteiger partial charge is 0.356 e. The molecule has 0 amide bonds. The van der Waals surface area contributed by atoms with Crippen LogP contribution in [0.2, 0.25) is 0 Å². The Morgan fingerprint density at radius 1 is 1.45 bits per heavy atom. The molecule has 0 spiro atoms. The molecule has 2 N–H and O–H groups in total. The van der Waals surface area contributed by atoms with Crippen LogP contribution >= 0.6 is 0 Å². The number of hydrogen-bond acceptors (Lipinski definition) is 5. The van der Waals surface area contributed by atoms with Gasteiger partial charge < -0.3 is 15.1 Å². The molecule has 1 saturated heterocycles. The number of aliphatic hydroxyl groups is 1. The van der Waals surface area contributed by atoms with Gasteiger partial charge in [0, 0.05) is 24.9 Å². The largest absolute Gasteiger partial charge is 0.476 e. The van der Waals surface area contributed by atoms with Crippen LogP contribution in [0.15, 0.2) is 6.20 Å². The van der Waals surface area contributed by atoms with Crippen molar-refractivity contribution in [3.63, 3.8) is 0 Å². The predicted octanol–water partition coefficient (Wildman–Crippen LogP) is 1.51. The second kappa shape index (κ2) is 5.75. The molecule has 1 fully saturated rings. The summed E-state index contributed by atoms with van der Waals surface area (Å²) < 4.78 is 0. The summed E-state index contributed by atoms with van der Waals surface area (Å²) in [5, 5.41) is 19.0. The summed E-state index contributed by atoms with van der Waals surface area (Å²) in [6.45, 7) is 6.99. The van der Waals surface area contributed by atoms with Crippen molar-refractivity contribution in [1.29, 1.82) is 0 Å². The molecule has 2 atom stereocenters. The van der Waals surface area contributed by atoms with Gasteiger partial charge in [-0.15, -0.1) is 0 Å². The third-order valence-electron chi connectivity index (χ3n) is 3.75. The zero-order valence-corrected chi connectivity index (χ0v) is 12.1. The maximum absolute atomic E-state index is 11.4. The minimum absolute atomic E-state index is 0.0509. The van der Waals surface area contributed by atoms with E-state index in [1.54, 1.807) is 13.1 Å². The summed E-state index contributed by atoms with van der Waals surface area (Å²) in [4.78, 5) is 21.8.